The third-order valence-electron chi connectivity index (χ3n) is 4.92. The summed E-state index contributed by atoms with van der Waals surface area (Å²) < 4.78 is 12.6. The third kappa shape index (κ3) is 5.32. The molecule has 0 aromatic heterocycles. The molecule has 0 atom stereocenters. The number of rotatable bonds is 7. The normalized spacial score (nSPS) is 14.5. The molecular formula is C25H19Cl2IN2O4. The predicted molar refractivity (Wildman–Crippen MR) is 141 cm³/mol. The van der Waals surface area contributed by atoms with Crippen LogP contribution in [0.15, 0.2) is 66.2 Å². The van der Waals surface area contributed by atoms with E-state index >= 15 is 0 Å². The van der Waals surface area contributed by atoms with Gasteiger partial charge in [-0.05, 0) is 83.1 Å². The van der Waals surface area contributed by atoms with Crippen LogP contribution in [0.3, 0.4) is 0 Å². The molecule has 0 unspecified atom stereocenters. The third-order valence-corrected chi connectivity index (χ3v) is 6.46. The van der Waals surface area contributed by atoms with E-state index in [0.29, 0.717) is 39.4 Å². The van der Waals surface area contributed by atoms with Crippen molar-refractivity contribution in [2.75, 3.05) is 11.6 Å². The second kappa shape index (κ2) is 10.7. The SMILES string of the molecule is CCOc1cc(/C=C2/C(=O)NN(c3ccccc3)C2=O)cc(I)c1OCc1ccc(Cl)c(Cl)c1. The quantitative estimate of drug-likeness (QED) is 0.202. The summed E-state index contributed by atoms with van der Waals surface area (Å²) in [6.45, 7) is 2.55. The Morgan fingerprint density at radius 2 is 1.76 bits per heavy atom. The summed E-state index contributed by atoms with van der Waals surface area (Å²) in [4.78, 5) is 25.4. The lowest BCUT2D eigenvalue weighted by Crippen LogP contribution is -2.35. The van der Waals surface area contributed by atoms with Gasteiger partial charge in [-0.1, -0.05) is 47.5 Å². The smallest absolute Gasteiger partial charge is 0.282 e. The van der Waals surface area contributed by atoms with E-state index in [1.165, 1.54) is 5.01 Å². The Morgan fingerprint density at radius 3 is 2.47 bits per heavy atom. The van der Waals surface area contributed by atoms with Gasteiger partial charge in [0.15, 0.2) is 11.5 Å². The Morgan fingerprint density at radius 1 is 1.00 bits per heavy atom. The Bertz CT molecular complexity index is 1280. The van der Waals surface area contributed by atoms with Gasteiger partial charge in [0.2, 0.25) is 0 Å². The number of nitrogens with zero attached hydrogens (tertiary/aromatic N) is 1. The van der Waals surface area contributed by atoms with Gasteiger partial charge in [-0.3, -0.25) is 15.0 Å². The summed E-state index contributed by atoms with van der Waals surface area (Å²) >= 11 is 14.2. The van der Waals surface area contributed by atoms with Crippen LogP contribution in [-0.2, 0) is 16.2 Å². The zero-order valence-electron chi connectivity index (χ0n) is 18.0. The van der Waals surface area contributed by atoms with E-state index in [2.05, 4.69) is 28.0 Å². The Kier molecular flexibility index (Phi) is 7.65. The molecule has 4 rings (SSSR count). The van der Waals surface area contributed by atoms with Crippen LogP contribution in [0.5, 0.6) is 11.5 Å². The Balaban J connectivity index is 1.60. The monoisotopic (exact) mass is 608 g/mol. The van der Waals surface area contributed by atoms with Crippen molar-refractivity contribution in [2.45, 2.75) is 13.5 Å². The maximum absolute atomic E-state index is 12.9. The van der Waals surface area contributed by atoms with Crippen molar-refractivity contribution in [3.63, 3.8) is 0 Å². The molecule has 1 saturated heterocycles. The van der Waals surface area contributed by atoms with E-state index in [0.717, 1.165) is 9.13 Å². The minimum atomic E-state index is -0.471. The van der Waals surface area contributed by atoms with Crippen LogP contribution in [0.2, 0.25) is 10.0 Å². The number of para-hydroxylation sites is 1. The van der Waals surface area contributed by atoms with Crippen LogP contribution in [-0.4, -0.2) is 18.4 Å². The molecule has 0 saturated carbocycles. The minimum Gasteiger partial charge on any atom is -0.490 e. The lowest BCUT2D eigenvalue weighted by atomic mass is 10.1. The molecule has 34 heavy (non-hydrogen) atoms. The molecule has 9 heteroatoms. The van der Waals surface area contributed by atoms with Crippen LogP contribution in [0.1, 0.15) is 18.1 Å². The highest BCUT2D eigenvalue weighted by Crippen LogP contribution is 2.36. The Labute approximate surface area is 220 Å². The van der Waals surface area contributed by atoms with Crippen LogP contribution in [0, 0.1) is 3.57 Å². The first-order chi connectivity index (χ1) is 16.4. The lowest BCUT2D eigenvalue weighted by molar-refractivity contribution is -0.117. The highest BCUT2D eigenvalue weighted by atomic mass is 127. The molecule has 1 heterocycles. The van der Waals surface area contributed by atoms with Gasteiger partial charge in [0.05, 0.1) is 25.9 Å². The van der Waals surface area contributed by atoms with Gasteiger partial charge in [-0.25, -0.2) is 5.01 Å². The number of carbonyl (C=O) groups excluding carboxylic acids is 2. The lowest BCUT2D eigenvalue weighted by Gasteiger charge is -2.15. The van der Waals surface area contributed by atoms with Gasteiger partial charge in [0, 0.05) is 0 Å². The first-order valence-corrected chi connectivity index (χ1v) is 12.2. The number of hydrogen-bond donors (Lipinski definition) is 1. The van der Waals surface area contributed by atoms with E-state index in [-0.39, 0.29) is 12.2 Å². The van der Waals surface area contributed by atoms with E-state index in [1.807, 2.05) is 25.1 Å². The number of benzene rings is 3. The van der Waals surface area contributed by atoms with E-state index in [9.17, 15) is 9.59 Å². The summed E-state index contributed by atoms with van der Waals surface area (Å²) in [5.41, 5.74) is 4.72. The molecule has 1 N–H and O–H groups in total. The molecule has 174 valence electrons. The summed E-state index contributed by atoms with van der Waals surface area (Å²) in [6.07, 6.45) is 1.55. The van der Waals surface area contributed by atoms with Crippen LogP contribution >= 0.6 is 45.8 Å². The van der Waals surface area contributed by atoms with Crippen molar-refractivity contribution in [3.05, 3.63) is 91.0 Å². The summed E-state index contributed by atoms with van der Waals surface area (Å²) in [7, 11) is 0. The Hall–Kier alpha value is -2.75. The molecule has 3 aromatic carbocycles. The first-order valence-electron chi connectivity index (χ1n) is 10.3. The average Bonchev–Trinajstić information content (AvgIpc) is 3.10. The maximum atomic E-state index is 12.9. The molecule has 1 aliphatic heterocycles. The molecule has 1 aliphatic rings. The molecule has 0 radical (unpaired) electrons. The van der Waals surface area contributed by atoms with Crippen molar-refractivity contribution in [1.29, 1.82) is 0 Å². The number of nitrogens with one attached hydrogen (secondary N) is 1. The number of hydrazine groups is 1. The predicted octanol–water partition coefficient (Wildman–Crippen LogP) is 6.04. The molecule has 0 bridgehead atoms. The topological polar surface area (TPSA) is 67.9 Å². The van der Waals surface area contributed by atoms with Gasteiger partial charge in [0.25, 0.3) is 11.8 Å². The number of carbonyl (C=O) groups is 2. The second-order valence-corrected chi connectivity index (χ2v) is 9.25. The number of halogens is 3. The zero-order valence-corrected chi connectivity index (χ0v) is 21.6. The largest absolute Gasteiger partial charge is 0.490 e. The van der Waals surface area contributed by atoms with E-state index in [1.54, 1.807) is 48.5 Å². The summed E-state index contributed by atoms with van der Waals surface area (Å²) in [5, 5.41) is 2.16. The van der Waals surface area contributed by atoms with Gasteiger partial charge >= 0.3 is 0 Å². The van der Waals surface area contributed by atoms with Crippen molar-refractivity contribution in [3.8, 4) is 11.5 Å². The zero-order chi connectivity index (χ0) is 24.2. The molecule has 1 fully saturated rings. The number of anilines is 1. The molecular weight excluding hydrogens is 590 g/mol. The fourth-order valence-electron chi connectivity index (χ4n) is 3.34. The number of hydrogen-bond acceptors (Lipinski definition) is 4. The fourth-order valence-corrected chi connectivity index (χ4v) is 4.44. The number of ether oxygens (including phenoxy) is 2. The highest BCUT2D eigenvalue weighted by molar-refractivity contribution is 14.1. The van der Waals surface area contributed by atoms with Gasteiger partial charge in [0.1, 0.15) is 12.2 Å². The standard InChI is InChI=1S/C25H19Cl2IN2O4/c1-2-33-22-13-16(10-18-24(31)29-30(25(18)32)17-6-4-3-5-7-17)12-21(28)23(22)34-14-15-8-9-19(26)20(27)11-15/h3-13H,2,14H2,1H3,(H,29,31)/b18-10-. The molecule has 6 nitrogen and oxygen atoms in total. The maximum Gasteiger partial charge on any atom is 0.282 e. The molecule has 0 aliphatic carbocycles. The fraction of sp³-hybridized carbons (Fsp3) is 0.120. The second-order valence-electron chi connectivity index (χ2n) is 7.28. The van der Waals surface area contributed by atoms with Gasteiger partial charge in [-0.2, -0.15) is 0 Å². The average molecular weight is 609 g/mol. The van der Waals surface area contributed by atoms with Gasteiger partial charge < -0.3 is 9.47 Å². The summed E-state index contributed by atoms with van der Waals surface area (Å²) in [5.74, 6) is 0.168. The minimum absolute atomic E-state index is 0.0339. The highest BCUT2D eigenvalue weighted by Gasteiger charge is 2.34. The molecule has 2 amide bonds. The van der Waals surface area contributed by atoms with Crippen LogP contribution in [0.25, 0.3) is 6.08 Å². The molecule has 3 aromatic rings. The van der Waals surface area contributed by atoms with Gasteiger partial charge in [-0.15, -0.1) is 0 Å². The molecule has 0 spiro atoms. The van der Waals surface area contributed by atoms with Crippen molar-refractivity contribution >= 4 is 69.4 Å². The summed E-state index contributed by atoms with van der Waals surface area (Å²) in [6, 6.07) is 17.8. The van der Waals surface area contributed by atoms with Crippen LogP contribution < -0.4 is 19.9 Å². The van der Waals surface area contributed by atoms with Crippen LogP contribution in [0.4, 0.5) is 5.69 Å². The van der Waals surface area contributed by atoms with E-state index < -0.39 is 11.8 Å². The van der Waals surface area contributed by atoms with Crippen molar-refractivity contribution in [2.24, 2.45) is 0 Å². The van der Waals surface area contributed by atoms with Crippen molar-refractivity contribution < 1.29 is 19.1 Å². The number of amides is 2. The first kappa shape index (κ1) is 24.4. The van der Waals surface area contributed by atoms with E-state index in [4.69, 9.17) is 32.7 Å². The van der Waals surface area contributed by atoms with Crippen molar-refractivity contribution in [1.82, 2.24) is 5.43 Å².